The van der Waals surface area contributed by atoms with Gasteiger partial charge in [0.25, 0.3) is 15.9 Å². The number of fused-ring (bicyclic) bond motifs is 1. The van der Waals surface area contributed by atoms with E-state index < -0.39 is 38.1 Å². The Kier molecular flexibility index (Phi) is 4.27. The molecule has 0 spiro atoms. The standard InChI is InChI=1S/C15H12BrNO5S2/c16-11-5-7-12(8-6-11)23(19,20)10-9-17-15(18)13-3-1-2-4-14(13)24(17,21)22/h1-8H,9-10H2. The molecule has 6 nitrogen and oxygen atoms in total. The normalized spacial score (nSPS) is 16.2. The van der Waals surface area contributed by atoms with E-state index in [1.54, 1.807) is 18.2 Å². The molecular formula is C15H12BrNO5S2. The van der Waals surface area contributed by atoms with Crippen LogP contribution in [0.2, 0.25) is 0 Å². The van der Waals surface area contributed by atoms with Crippen molar-refractivity contribution in [3.8, 4) is 0 Å². The number of amides is 1. The van der Waals surface area contributed by atoms with Gasteiger partial charge in [-0.3, -0.25) is 4.79 Å². The van der Waals surface area contributed by atoms with Gasteiger partial charge in [0.05, 0.1) is 22.8 Å². The summed E-state index contributed by atoms with van der Waals surface area (Å²) in [6.07, 6.45) is 0. The Morgan fingerprint density at radius 1 is 1.00 bits per heavy atom. The fourth-order valence-electron chi connectivity index (χ4n) is 2.42. The fraction of sp³-hybridized carbons (Fsp3) is 0.133. The zero-order valence-corrected chi connectivity index (χ0v) is 15.4. The molecular weight excluding hydrogens is 418 g/mol. The SMILES string of the molecule is O=C1c2ccccc2S(=O)(=O)N1CCS(=O)(=O)c1ccc(Br)cc1. The summed E-state index contributed by atoms with van der Waals surface area (Å²) in [7, 11) is -7.70. The molecule has 126 valence electrons. The number of hydrogen-bond acceptors (Lipinski definition) is 5. The highest BCUT2D eigenvalue weighted by atomic mass is 79.9. The predicted octanol–water partition coefficient (Wildman–Crippen LogP) is 2.07. The molecule has 1 aliphatic heterocycles. The Labute approximate surface area is 148 Å². The van der Waals surface area contributed by atoms with Crippen LogP contribution in [0.15, 0.2) is 62.8 Å². The van der Waals surface area contributed by atoms with Crippen molar-refractivity contribution < 1.29 is 21.6 Å². The minimum atomic E-state index is -4.00. The van der Waals surface area contributed by atoms with Crippen LogP contribution in [0.25, 0.3) is 0 Å². The van der Waals surface area contributed by atoms with Crippen LogP contribution in [0, 0.1) is 0 Å². The Balaban J connectivity index is 1.85. The summed E-state index contributed by atoms with van der Waals surface area (Å²) in [5, 5.41) is 0. The van der Waals surface area contributed by atoms with Crippen LogP contribution < -0.4 is 0 Å². The van der Waals surface area contributed by atoms with E-state index in [1.807, 2.05) is 0 Å². The summed E-state index contributed by atoms with van der Waals surface area (Å²) in [5.41, 5.74) is 0.0681. The van der Waals surface area contributed by atoms with Crippen LogP contribution in [-0.4, -0.2) is 39.3 Å². The van der Waals surface area contributed by atoms with Gasteiger partial charge in [0.1, 0.15) is 4.90 Å². The van der Waals surface area contributed by atoms with Gasteiger partial charge in [-0.1, -0.05) is 28.1 Å². The Hall–Kier alpha value is -1.71. The second-order valence-corrected chi connectivity index (χ2v) is 10.0. The quantitative estimate of drug-likeness (QED) is 0.741. The van der Waals surface area contributed by atoms with Crippen LogP contribution in [-0.2, 0) is 19.9 Å². The van der Waals surface area contributed by atoms with Gasteiger partial charge in [0, 0.05) is 4.47 Å². The van der Waals surface area contributed by atoms with E-state index in [2.05, 4.69) is 15.9 Å². The Morgan fingerprint density at radius 3 is 2.25 bits per heavy atom. The minimum Gasteiger partial charge on any atom is -0.268 e. The van der Waals surface area contributed by atoms with Gasteiger partial charge in [0.15, 0.2) is 9.84 Å². The molecule has 0 saturated heterocycles. The maximum Gasteiger partial charge on any atom is 0.269 e. The van der Waals surface area contributed by atoms with E-state index in [0.29, 0.717) is 4.31 Å². The molecule has 0 unspecified atom stereocenters. The van der Waals surface area contributed by atoms with E-state index in [-0.39, 0.29) is 15.4 Å². The second kappa shape index (κ2) is 5.98. The third kappa shape index (κ3) is 2.87. The van der Waals surface area contributed by atoms with E-state index >= 15 is 0 Å². The number of sulfonamides is 1. The van der Waals surface area contributed by atoms with Crippen LogP contribution in [0.5, 0.6) is 0 Å². The summed E-state index contributed by atoms with van der Waals surface area (Å²) in [4.78, 5) is 12.2. The molecule has 0 aliphatic carbocycles. The molecule has 2 aromatic rings. The lowest BCUT2D eigenvalue weighted by molar-refractivity contribution is 0.0876. The second-order valence-electron chi connectivity index (χ2n) is 5.15. The summed E-state index contributed by atoms with van der Waals surface area (Å²) < 4.78 is 50.8. The van der Waals surface area contributed by atoms with Crippen molar-refractivity contribution in [1.29, 1.82) is 0 Å². The molecule has 0 saturated carbocycles. The lowest BCUT2D eigenvalue weighted by Gasteiger charge is -2.15. The summed E-state index contributed by atoms with van der Waals surface area (Å²) >= 11 is 3.22. The summed E-state index contributed by atoms with van der Waals surface area (Å²) in [6, 6.07) is 11.9. The van der Waals surface area contributed by atoms with Crippen LogP contribution in [0.1, 0.15) is 10.4 Å². The van der Waals surface area contributed by atoms with Crippen molar-refractivity contribution in [2.45, 2.75) is 9.79 Å². The average Bonchev–Trinajstić information content (AvgIpc) is 2.73. The first-order valence-electron chi connectivity index (χ1n) is 6.88. The maximum absolute atomic E-state index is 12.4. The number of nitrogens with zero attached hydrogens (tertiary/aromatic N) is 1. The third-order valence-corrected chi connectivity index (χ3v) is 7.73. The first-order chi connectivity index (χ1) is 11.2. The maximum atomic E-state index is 12.4. The number of hydrogen-bond donors (Lipinski definition) is 0. The Morgan fingerprint density at radius 2 is 1.62 bits per heavy atom. The predicted molar refractivity (Wildman–Crippen MR) is 90.9 cm³/mol. The molecule has 0 radical (unpaired) electrons. The fourth-order valence-corrected chi connectivity index (χ4v) is 5.57. The molecule has 1 amide bonds. The minimum absolute atomic E-state index is 0.0681. The van der Waals surface area contributed by atoms with Crippen molar-refractivity contribution in [2.75, 3.05) is 12.3 Å². The molecule has 0 bridgehead atoms. The van der Waals surface area contributed by atoms with E-state index in [9.17, 15) is 21.6 Å². The number of halogens is 1. The zero-order valence-electron chi connectivity index (χ0n) is 12.2. The first-order valence-corrected chi connectivity index (χ1v) is 10.8. The number of sulfone groups is 1. The van der Waals surface area contributed by atoms with Crippen molar-refractivity contribution >= 4 is 41.7 Å². The molecule has 24 heavy (non-hydrogen) atoms. The Bertz CT molecular complexity index is 1010. The van der Waals surface area contributed by atoms with Gasteiger partial charge in [-0.25, -0.2) is 21.1 Å². The van der Waals surface area contributed by atoms with Gasteiger partial charge in [-0.15, -0.1) is 0 Å². The summed E-state index contributed by atoms with van der Waals surface area (Å²) in [6.45, 7) is -0.422. The van der Waals surface area contributed by atoms with Crippen LogP contribution in [0.3, 0.4) is 0 Å². The van der Waals surface area contributed by atoms with Crippen molar-refractivity contribution in [3.05, 3.63) is 58.6 Å². The van der Waals surface area contributed by atoms with Crippen molar-refractivity contribution in [1.82, 2.24) is 4.31 Å². The number of rotatable bonds is 4. The number of benzene rings is 2. The highest BCUT2D eigenvalue weighted by Gasteiger charge is 2.41. The topological polar surface area (TPSA) is 88.6 Å². The van der Waals surface area contributed by atoms with Crippen molar-refractivity contribution in [2.24, 2.45) is 0 Å². The van der Waals surface area contributed by atoms with Crippen LogP contribution in [0.4, 0.5) is 0 Å². The van der Waals surface area contributed by atoms with Gasteiger partial charge in [-0.2, -0.15) is 0 Å². The molecule has 0 atom stereocenters. The van der Waals surface area contributed by atoms with Crippen LogP contribution >= 0.6 is 15.9 Å². The molecule has 0 aromatic heterocycles. The zero-order chi connectivity index (χ0) is 17.5. The molecule has 0 fully saturated rings. The highest BCUT2D eigenvalue weighted by Crippen LogP contribution is 2.30. The molecule has 3 rings (SSSR count). The van der Waals surface area contributed by atoms with Gasteiger partial charge in [-0.05, 0) is 36.4 Å². The largest absolute Gasteiger partial charge is 0.269 e. The van der Waals surface area contributed by atoms with E-state index in [4.69, 9.17) is 0 Å². The van der Waals surface area contributed by atoms with E-state index in [0.717, 1.165) is 4.47 Å². The smallest absolute Gasteiger partial charge is 0.268 e. The molecule has 9 heteroatoms. The molecule has 0 N–H and O–H groups in total. The van der Waals surface area contributed by atoms with Gasteiger partial charge in [0.2, 0.25) is 0 Å². The summed E-state index contributed by atoms with van der Waals surface area (Å²) in [5.74, 6) is -1.18. The monoisotopic (exact) mass is 429 g/mol. The van der Waals surface area contributed by atoms with Crippen molar-refractivity contribution in [3.63, 3.8) is 0 Å². The molecule has 2 aromatic carbocycles. The third-order valence-electron chi connectivity index (χ3n) is 3.65. The number of carbonyl (C=O) groups excluding carboxylic acids is 1. The molecule has 1 aliphatic rings. The lowest BCUT2D eigenvalue weighted by Crippen LogP contribution is -2.34. The van der Waals surface area contributed by atoms with E-state index in [1.165, 1.54) is 30.3 Å². The number of carbonyl (C=O) groups is 1. The first kappa shape index (κ1) is 17.1. The molecule has 1 heterocycles. The highest BCUT2D eigenvalue weighted by molar-refractivity contribution is 9.10. The van der Waals surface area contributed by atoms with Gasteiger partial charge < -0.3 is 0 Å². The average molecular weight is 430 g/mol. The lowest BCUT2D eigenvalue weighted by atomic mass is 10.2. The van der Waals surface area contributed by atoms with Gasteiger partial charge >= 0.3 is 0 Å².